The number of nitrogens with zero attached hydrogens (tertiary/aromatic N) is 2. The van der Waals surface area contributed by atoms with E-state index in [2.05, 4.69) is 43.0 Å². The maximum Gasteiger partial charge on any atom is 0.180 e. The van der Waals surface area contributed by atoms with Gasteiger partial charge in [-0.25, -0.2) is 9.97 Å². The zero-order valence-electron chi connectivity index (χ0n) is 10.2. The summed E-state index contributed by atoms with van der Waals surface area (Å²) in [5.74, 6) is 1.99. The van der Waals surface area contributed by atoms with E-state index in [0.717, 1.165) is 5.76 Å². The number of aromatic nitrogens is 2. The van der Waals surface area contributed by atoms with Crippen LogP contribution in [0.3, 0.4) is 0 Å². The molecule has 0 saturated carbocycles. The number of hydrogen-bond donors (Lipinski definition) is 0. The summed E-state index contributed by atoms with van der Waals surface area (Å²) in [7, 11) is 0. The van der Waals surface area contributed by atoms with Gasteiger partial charge < -0.3 is 4.42 Å². The van der Waals surface area contributed by atoms with Crippen molar-refractivity contribution in [2.45, 2.75) is 39.5 Å². The van der Waals surface area contributed by atoms with Crippen LogP contribution in [0.25, 0.3) is 0 Å². The van der Waals surface area contributed by atoms with E-state index in [4.69, 9.17) is 4.42 Å². The second-order valence-electron chi connectivity index (χ2n) is 4.13. The zero-order chi connectivity index (χ0) is 12.0. The molecule has 0 N–H and O–H groups in total. The Morgan fingerprint density at radius 2 is 1.94 bits per heavy atom. The topological polar surface area (TPSA) is 38.9 Å². The molecule has 0 radical (unpaired) electrons. The van der Waals surface area contributed by atoms with Gasteiger partial charge in [0.25, 0.3) is 0 Å². The summed E-state index contributed by atoms with van der Waals surface area (Å²) in [6, 6.07) is 0. The van der Waals surface area contributed by atoms with Gasteiger partial charge in [-0.3, -0.25) is 0 Å². The monoisotopic (exact) mass is 238 g/mol. The third-order valence-corrected chi connectivity index (χ3v) is 2.67. The lowest BCUT2D eigenvalue weighted by atomic mass is 10.2. The first-order chi connectivity index (χ1) is 7.61. The van der Waals surface area contributed by atoms with Crippen LogP contribution in [-0.2, 0) is 0 Å². The van der Waals surface area contributed by atoms with Gasteiger partial charge in [0, 0.05) is 11.3 Å². The fraction of sp³-hybridized carbons (Fsp3) is 0.500. The average molecular weight is 238 g/mol. The molecule has 0 fully saturated rings. The van der Waals surface area contributed by atoms with Crippen LogP contribution >= 0.6 is 11.3 Å². The van der Waals surface area contributed by atoms with E-state index in [1.54, 1.807) is 17.5 Å². The highest BCUT2D eigenvalue weighted by Gasteiger charge is 1.99. The molecule has 2 aromatic heterocycles. The molecule has 0 spiro atoms. The molecule has 2 heterocycles. The number of hydrogen-bond acceptors (Lipinski definition) is 4. The van der Waals surface area contributed by atoms with Crippen molar-refractivity contribution in [3.8, 4) is 0 Å². The second kappa shape index (κ2) is 6.43. The summed E-state index contributed by atoms with van der Waals surface area (Å²) in [5.41, 5.74) is 3.07. The predicted molar refractivity (Wildman–Crippen MR) is 66.8 cm³/mol. The van der Waals surface area contributed by atoms with Crippen molar-refractivity contribution in [2.75, 3.05) is 0 Å². The Hall–Kier alpha value is -1.16. The van der Waals surface area contributed by atoms with E-state index in [9.17, 15) is 0 Å². The summed E-state index contributed by atoms with van der Waals surface area (Å²) in [6.07, 6.45) is 3.19. The number of thiazole rings is 1. The van der Waals surface area contributed by atoms with Gasteiger partial charge in [0.1, 0.15) is 5.76 Å². The van der Waals surface area contributed by atoms with Crippen LogP contribution in [-0.4, -0.2) is 9.97 Å². The van der Waals surface area contributed by atoms with Gasteiger partial charge in [0.15, 0.2) is 6.39 Å². The summed E-state index contributed by atoms with van der Waals surface area (Å²) in [4.78, 5) is 7.91. The van der Waals surface area contributed by atoms with Crippen LogP contribution in [0.2, 0.25) is 0 Å². The molecule has 0 aromatic carbocycles. The van der Waals surface area contributed by atoms with E-state index in [1.807, 2.05) is 5.51 Å². The van der Waals surface area contributed by atoms with Crippen molar-refractivity contribution in [3.63, 3.8) is 0 Å². The Balaban J connectivity index is 0.000000160. The molecule has 0 amide bonds. The van der Waals surface area contributed by atoms with Crippen LogP contribution in [0.15, 0.2) is 27.9 Å². The first-order valence-electron chi connectivity index (χ1n) is 5.37. The molecule has 0 saturated heterocycles. The summed E-state index contributed by atoms with van der Waals surface area (Å²) >= 11 is 1.66. The summed E-state index contributed by atoms with van der Waals surface area (Å²) in [5, 5.41) is 2.09. The molecule has 3 nitrogen and oxygen atoms in total. The van der Waals surface area contributed by atoms with E-state index in [-0.39, 0.29) is 0 Å². The molecule has 2 rings (SSSR count). The van der Waals surface area contributed by atoms with Gasteiger partial charge in [0.2, 0.25) is 0 Å². The van der Waals surface area contributed by atoms with Gasteiger partial charge in [-0.1, -0.05) is 27.7 Å². The lowest BCUT2D eigenvalue weighted by Gasteiger charge is -1.94. The fourth-order valence-electron chi connectivity index (χ4n) is 1.02. The lowest BCUT2D eigenvalue weighted by molar-refractivity contribution is 0.482. The third-order valence-electron chi connectivity index (χ3n) is 2.06. The minimum Gasteiger partial charge on any atom is -0.448 e. The van der Waals surface area contributed by atoms with Gasteiger partial charge >= 0.3 is 0 Å². The van der Waals surface area contributed by atoms with Crippen molar-refractivity contribution in [2.24, 2.45) is 0 Å². The van der Waals surface area contributed by atoms with Gasteiger partial charge in [-0.05, 0) is 5.92 Å². The summed E-state index contributed by atoms with van der Waals surface area (Å²) in [6.45, 7) is 8.44. The highest BCUT2D eigenvalue weighted by molar-refractivity contribution is 7.07. The molecule has 2 aromatic rings. The highest BCUT2D eigenvalue weighted by atomic mass is 32.1. The molecule has 0 aliphatic rings. The van der Waals surface area contributed by atoms with Crippen LogP contribution in [0.1, 0.15) is 51.0 Å². The van der Waals surface area contributed by atoms with E-state index >= 15 is 0 Å². The van der Waals surface area contributed by atoms with Crippen LogP contribution in [0.4, 0.5) is 0 Å². The predicted octanol–water partition coefficient (Wildman–Crippen LogP) is 4.06. The largest absolute Gasteiger partial charge is 0.448 e. The molecule has 16 heavy (non-hydrogen) atoms. The first kappa shape index (κ1) is 12.9. The second-order valence-corrected chi connectivity index (χ2v) is 4.85. The van der Waals surface area contributed by atoms with Crippen LogP contribution in [0, 0.1) is 0 Å². The van der Waals surface area contributed by atoms with Gasteiger partial charge in [-0.15, -0.1) is 11.3 Å². The molecular weight excluding hydrogens is 220 g/mol. The molecule has 0 aliphatic heterocycles. The van der Waals surface area contributed by atoms with Crippen molar-refractivity contribution in [3.05, 3.63) is 34.9 Å². The molecule has 0 atom stereocenters. The highest BCUT2D eigenvalue weighted by Crippen LogP contribution is 2.12. The Bertz CT molecular complexity index is 327. The fourth-order valence-corrected chi connectivity index (χ4v) is 1.73. The Labute approximate surface area is 101 Å². The van der Waals surface area contributed by atoms with E-state index in [1.165, 1.54) is 12.1 Å². The molecule has 0 aliphatic carbocycles. The maximum absolute atomic E-state index is 4.98. The van der Waals surface area contributed by atoms with Crippen molar-refractivity contribution < 1.29 is 4.42 Å². The summed E-state index contributed by atoms with van der Waals surface area (Å²) < 4.78 is 4.98. The quantitative estimate of drug-likeness (QED) is 0.791. The molecule has 4 heteroatoms. The van der Waals surface area contributed by atoms with E-state index < -0.39 is 0 Å². The lowest BCUT2D eigenvalue weighted by Crippen LogP contribution is -1.83. The minimum atomic E-state index is 0.456. The van der Waals surface area contributed by atoms with Crippen molar-refractivity contribution in [1.29, 1.82) is 0 Å². The average Bonchev–Trinajstić information content (AvgIpc) is 2.93. The molecule has 0 unspecified atom stereocenters. The van der Waals surface area contributed by atoms with Crippen molar-refractivity contribution in [1.82, 2.24) is 9.97 Å². The normalized spacial score (nSPS) is 10.4. The van der Waals surface area contributed by atoms with Gasteiger partial charge in [-0.2, -0.15) is 0 Å². The van der Waals surface area contributed by atoms with Crippen molar-refractivity contribution >= 4 is 11.3 Å². The maximum atomic E-state index is 4.98. The standard InChI is InChI=1S/C6H9NO.C6H9NS/c1-5(2)6-3-7-4-8-6;1-5(2)6-3-8-4-7-6/h2*3-5H,1-2H3. The molecular formula is C12H18N2OS. The Morgan fingerprint density at radius 3 is 2.19 bits per heavy atom. The number of oxazole rings is 1. The minimum absolute atomic E-state index is 0.456. The third kappa shape index (κ3) is 4.14. The van der Waals surface area contributed by atoms with Crippen LogP contribution < -0.4 is 0 Å². The van der Waals surface area contributed by atoms with Gasteiger partial charge in [0.05, 0.1) is 17.4 Å². The smallest absolute Gasteiger partial charge is 0.180 e. The molecule has 0 bridgehead atoms. The SMILES string of the molecule is CC(C)c1cnco1.CC(C)c1cscn1. The zero-order valence-corrected chi connectivity index (χ0v) is 11.0. The van der Waals surface area contributed by atoms with Crippen LogP contribution in [0.5, 0.6) is 0 Å². The molecule has 88 valence electrons. The first-order valence-corrected chi connectivity index (χ1v) is 6.32. The number of rotatable bonds is 2. The van der Waals surface area contributed by atoms with E-state index in [0.29, 0.717) is 11.8 Å². The Morgan fingerprint density at radius 1 is 1.19 bits per heavy atom. The Kier molecular flexibility index (Phi) is 5.19.